The van der Waals surface area contributed by atoms with Crippen LogP contribution in [-0.2, 0) is 17.9 Å². The normalized spacial score (nSPS) is 19.6. The summed E-state index contributed by atoms with van der Waals surface area (Å²) in [5.74, 6) is 0.607. The fourth-order valence-corrected chi connectivity index (χ4v) is 4.51. The summed E-state index contributed by atoms with van der Waals surface area (Å²) in [6.45, 7) is 1.88. The first kappa shape index (κ1) is 19.6. The topological polar surface area (TPSA) is 80.1 Å². The van der Waals surface area contributed by atoms with E-state index in [1.54, 1.807) is 10.9 Å². The Morgan fingerprint density at radius 2 is 1.86 bits per heavy atom. The van der Waals surface area contributed by atoms with Crippen molar-refractivity contribution in [2.75, 3.05) is 6.54 Å². The van der Waals surface area contributed by atoms with Gasteiger partial charge < -0.3 is 10.2 Å². The summed E-state index contributed by atoms with van der Waals surface area (Å²) in [5.41, 5.74) is 1.35. The van der Waals surface area contributed by atoms with Crippen LogP contribution in [0.2, 0.25) is 0 Å². The van der Waals surface area contributed by atoms with E-state index in [0.29, 0.717) is 31.1 Å². The van der Waals surface area contributed by atoms with Gasteiger partial charge in [0.05, 0.1) is 18.8 Å². The zero-order valence-corrected chi connectivity index (χ0v) is 16.8. The molecule has 1 aromatic carbocycles. The minimum absolute atomic E-state index is 0.144. The van der Waals surface area contributed by atoms with Crippen molar-refractivity contribution in [1.82, 2.24) is 25.2 Å². The summed E-state index contributed by atoms with van der Waals surface area (Å²) in [6, 6.07) is 9.91. The Balaban J connectivity index is 1.30. The van der Waals surface area contributed by atoms with E-state index in [-0.39, 0.29) is 17.9 Å². The van der Waals surface area contributed by atoms with Crippen LogP contribution in [0.3, 0.4) is 0 Å². The molecule has 7 heteroatoms. The van der Waals surface area contributed by atoms with E-state index in [4.69, 9.17) is 0 Å². The number of aromatic nitrogens is 3. The predicted molar refractivity (Wildman–Crippen MR) is 109 cm³/mol. The molecule has 1 saturated carbocycles. The van der Waals surface area contributed by atoms with E-state index < -0.39 is 0 Å². The van der Waals surface area contributed by atoms with Gasteiger partial charge in [0.15, 0.2) is 5.69 Å². The molecule has 1 aromatic heterocycles. The Morgan fingerprint density at radius 1 is 1.07 bits per heavy atom. The first-order valence-electron chi connectivity index (χ1n) is 10.7. The maximum Gasteiger partial charge on any atom is 0.273 e. The second kappa shape index (κ2) is 9.20. The zero-order chi connectivity index (χ0) is 20.1. The van der Waals surface area contributed by atoms with Gasteiger partial charge in [-0.15, -0.1) is 5.10 Å². The van der Waals surface area contributed by atoms with Gasteiger partial charge in [0.1, 0.15) is 0 Å². The quantitative estimate of drug-likeness (QED) is 0.782. The summed E-state index contributed by atoms with van der Waals surface area (Å²) in [5, 5.41) is 11.0. The van der Waals surface area contributed by atoms with Gasteiger partial charge in [-0.3, -0.25) is 9.59 Å². The Kier molecular flexibility index (Phi) is 6.22. The maximum atomic E-state index is 12.8. The van der Waals surface area contributed by atoms with E-state index in [2.05, 4.69) is 15.6 Å². The van der Waals surface area contributed by atoms with Crippen LogP contribution in [0, 0.1) is 5.92 Å². The molecule has 0 unspecified atom stereocenters. The monoisotopic (exact) mass is 395 g/mol. The Hall–Kier alpha value is -2.70. The highest BCUT2D eigenvalue weighted by atomic mass is 16.2. The molecule has 1 N–H and O–H groups in total. The average molecular weight is 396 g/mol. The fraction of sp³-hybridized carbons (Fsp3) is 0.545. The van der Waals surface area contributed by atoms with Gasteiger partial charge in [0.25, 0.3) is 5.91 Å². The van der Waals surface area contributed by atoms with E-state index in [1.165, 1.54) is 25.7 Å². The second-order valence-electron chi connectivity index (χ2n) is 8.23. The number of benzene rings is 1. The number of likely N-dealkylation sites (tertiary alicyclic amines) is 1. The molecule has 7 nitrogen and oxygen atoms in total. The van der Waals surface area contributed by atoms with Crippen LogP contribution in [0.1, 0.15) is 61.0 Å². The van der Waals surface area contributed by atoms with Crippen LogP contribution < -0.4 is 5.32 Å². The number of carbonyl (C=O) groups excluding carboxylic acids is 2. The van der Waals surface area contributed by atoms with Gasteiger partial charge in [0, 0.05) is 19.5 Å². The minimum atomic E-state index is -0.235. The largest absolute Gasteiger partial charge is 0.347 e. The van der Waals surface area contributed by atoms with Crippen molar-refractivity contribution >= 4 is 11.8 Å². The number of nitrogens with one attached hydrogen (secondary N) is 1. The Labute approximate surface area is 171 Å². The van der Waals surface area contributed by atoms with Crippen LogP contribution in [0.25, 0.3) is 0 Å². The molecule has 2 amide bonds. The predicted octanol–water partition coefficient (Wildman–Crippen LogP) is 2.78. The van der Waals surface area contributed by atoms with Gasteiger partial charge in [-0.2, -0.15) is 0 Å². The second-order valence-corrected chi connectivity index (χ2v) is 8.23. The van der Waals surface area contributed by atoms with Crippen LogP contribution in [0.5, 0.6) is 0 Å². The van der Waals surface area contributed by atoms with Crippen molar-refractivity contribution in [2.24, 2.45) is 5.92 Å². The standard InChI is InChI=1S/C22H29N5O2/c28-21(13-17-7-4-5-8-17)27-12-6-11-19(27)15-26-16-20(24-25-26)22(29)23-14-18-9-2-1-3-10-18/h1-3,9-10,16-17,19H,4-8,11-15H2,(H,23,29)/t19-/m0/s1. The van der Waals surface area contributed by atoms with Crippen molar-refractivity contribution < 1.29 is 9.59 Å². The number of hydrogen-bond acceptors (Lipinski definition) is 4. The molecule has 1 saturated heterocycles. The molecule has 154 valence electrons. The van der Waals surface area contributed by atoms with E-state index >= 15 is 0 Å². The summed E-state index contributed by atoms with van der Waals surface area (Å²) in [6.07, 6.45) is 9.26. The molecule has 2 heterocycles. The van der Waals surface area contributed by atoms with Gasteiger partial charge in [0.2, 0.25) is 5.91 Å². The lowest BCUT2D eigenvalue weighted by molar-refractivity contribution is -0.133. The highest BCUT2D eigenvalue weighted by Gasteiger charge is 2.31. The molecule has 0 spiro atoms. The first-order chi connectivity index (χ1) is 14.2. The average Bonchev–Trinajstić information content (AvgIpc) is 3.49. The smallest absolute Gasteiger partial charge is 0.273 e. The van der Waals surface area contributed by atoms with Gasteiger partial charge in [-0.05, 0) is 37.2 Å². The number of amides is 2. The fourth-order valence-electron chi connectivity index (χ4n) is 4.51. The van der Waals surface area contributed by atoms with Gasteiger partial charge in [-0.25, -0.2) is 4.68 Å². The summed E-state index contributed by atoms with van der Waals surface area (Å²) < 4.78 is 1.70. The molecule has 2 fully saturated rings. The molecule has 1 aliphatic carbocycles. The molecule has 0 bridgehead atoms. The summed E-state index contributed by atoms with van der Waals surface area (Å²) in [4.78, 5) is 27.1. The third kappa shape index (κ3) is 5.02. The Morgan fingerprint density at radius 3 is 2.66 bits per heavy atom. The SMILES string of the molecule is O=C(NCc1ccccc1)c1cn(C[C@@H]2CCCN2C(=O)CC2CCCC2)nn1. The summed E-state index contributed by atoms with van der Waals surface area (Å²) >= 11 is 0. The highest BCUT2D eigenvalue weighted by molar-refractivity contribution is 5.91. The molecule has 29 heavy (non-hydrogen) atoms. The van der Waals surface area contributed by atoms with Crippen molar-refractivity contribution in [1.29, 1.82) is 0 Å². The molecule has 2 aromatic rings. The molecule has 4 rings (SSSR count). The van der Waals surface area contributed by atoms with Crippen LogP contribution in [-0.4, -0.2) is 44.3 Å². The highest BCUT2D eigenvalue weighted by Crippen LogP contribution is 2.29. The number of rotatable bonds is 7. The minimum Gasteiger partial charge on any atom is -0.347 e. The van der Waals surface area contributed by atoms with Crippen LogP contribution >= 0.6 is 0 Å². The molecular formula is C22H29N5O2. The maximum absolute atomic E-state index is 12.8. The molecule has 1 aliphatic heterocycles. The van der Waals surface area contributed by atoms with Crippen molar-refractivity contribution in [3.05, 3.63) is 47.8 Å². The Bertz CT molecular complexity index is 829. The zero-order valence-electron chi connectivity index (χ0n) is 16.8. The number of carbonyl (C=O) groups is 2. The lowest BCUT2D eigenvalue weighted by Gasteiger charge is -2.25. The van der Waals surface area contributed by atoms with Crippen LogP contribution in [0.15, 0.2) is 36.5 Å². The third-order valence-electron chi connectivity index (χ3n) is 6.10. The lowest BCUT2D eigenvalue weighted by Crippen LogP contribution is -2.38. The molecular weight excluding hydrogens is 366 g/mol. The van der Waals surface area contributed by atoms with E-state index in [9.17, 15) is 9.59 Å². The molecule has 1 atom stereocenters. The van der Waals surface area contributed by atoms with Crippen molar-refractivity contribution in [2.45, 2.75) is 64.1 Å². The molecule has 0 radical (unpaired) electrons. The number of nitrogens with zero attached hydrogens (tertiary/aromatic N) is 4. The first-order valence-corrected chi connectivity index (χ1v) is 10.7. The molecule has 2 aliphatic rings. The van der Waals surface area contributed by atoms with Gasteiger partial charge >= 0.3 is 0 Å². The lowest BCUT2D eigenvalue weighted by atomic mass is 10.0. The van der Waals surface area contributed by atoms with Crippen LogP contribution in [0.4, 0.5) is 0 Å². The van der Waals surface area contributed by atoms with Gasteiger partial charge in [-0.1, -0.05) is 48.4 Å². The van der Waals surface area contributed by atoms with Crippen molar-refractivity contribution in [3.63, 3.8) is 0 Å². The van der Waals surface area contributed by atoms with Crippen molar-refractivity contribution in [3.8, 4) is 0 Å². The summed E-state index contributed by atoms with van der Waals surface area (Å²) in [7, 11) is 0. The third-order valence-corrected chi connectivity index (χ3v) is 6.10. The van der Waals surface area contributed by atoms with E-state index in [1.807, 2.05) is 35.2 Å². The van der Waals surface area contributed by atoms with E-state index in [0.717, 1.165) is 24.9 Å². The number of hydrogen-bond donors (Lipinski definition) is 1.